The van der Waals surface area contributed by atoms with Crippen molar-refractivity contribution in [3.63, 3.8) is 0 Å². The molecule has 0 nitrogen and oxygen atoms in total. The van der Waals surface area contributed by atoms with Gasteiger partial charge in [0.2, 0.25) is 0 Å². The van der Waals surface area contributed by atoms with Crippen molar-refractivity contribution in [2.75, 3.05) is 0 Å². The summed E-state index contributed by atoms with van der Waals surface area (Å²) in [4.78, 5) is 0. The molecule has 0 aliphatic heterocycles. The smallest absolute Gasteiger partial charge is 0.138 e. The summed E-state index contributed by atoms with van der Waals surface area (Å²) < 4.78 is 15.1. The van der Waals surface area contributed by atoms with E-state index in [4.69, 9.17) is 11.6 Å². The maximum absolute atomic E-state index is 15.1. The quantitative estimate of drug-likeness (QED) is 0.222. The van der Waals surface area contributed by atoms with E-state index in [9.17, 15) is 0 Å². The SMILES string of the molecule is CCCCCc1ccc(C#Cc2ccc3c(F)c(-c4ccc(Cl)cc4)ccc3c2)cc1. The van der Waals surface area contributed by atoms with Crippen LogP contribution in [0, 0.1) is 17.7 Å². The molecule has 4 rings (SSSR count). The van der Waals surface area contributed by atoms with Crippen molar-refractivity contribution in [1.29, 1.82) is 0 Å². The van der Waals surface area contributed by atoms with Crippen molar-refractivity contribution in [2.24, 2.45) is 0 Å². The molecule has 0 aliphatic rings. The molecule has 0 aromatic heterocycles. The van der Waals surface area contributed by atoms with E-state index in [2.05, 4.69) is 43.0 Å². The molecule has 154 valence electrons. The molecule has 31 heavy (non-hydrogen) atoms. The topological polar surface area (TPSA) is 0 Å². The molecule has 0 bridgehead atoms. The first-order valence-electron chi connectivity index (χ1n) is 10.7. The van der Waals surface area contributed by atoms with Gasteiger partial charge in [-0.1, -0.05) is 85.7 Å². The molecular weight excluding hydrogens is 403 g/mol. The minimum atomic E-state index is -0.224. The van der Waals surface area contributed by atoms with Gasteiger partial charge in [-0.15, -0.1) is 0 Å². The lowest BCUT2D eigenvalue weighted by Gasteiger charge is -2.07. The van der Waals surface area contributed by atoms with Crippen molar-refractivity contribution in [3.05, 3.63) is 106 Å². The maximum Gasteiger partial charge on any atom is 0.138 e. The molecule has 0 spiro atoms. The van der Waals surface area contributed by atoms with Gasteiger partial charge in [0.1, 0.15) is 5.82 Å². The van der Waals surface area contributed by atoms with Crippen LogP contribution in [0.1, 0.15) is 42.9 Å². The standard InChI is InChI=1S/C29H24ClF/c1-2-3-4-5-21-6-8-22(9-7-21)10-11-23-12-18-28-25(20-23)15-19-27(29(28)31)24-13-16-26(30)17-14-24/h6-9,12-20H,2-5H2,1H3. The lowest BCUT2D eigenvalue weighted by molar-refractivity contribution is 0.643. The highest BCUT2D eigenvalue weighted by atomic mass is 35.5. The third kappa shape index (κ3) is 5.16. The van der Waals surface area contributed by atoms with Crippen molar-refractivity contribution >= 4 is 22.4 Å². The van der Waals surface area contributed by atoms with E-state index in [-0.39, 0.29) is 5.82 Å². The summed E-state index contributed by atoms with van der Waals surface area (Å²) in [5.74, 6) is 6.21. The van der Waals surface area contributed by atoms with E-state index in [0.717, 1.165) is 28.5 Å². The van der Waals surface area contributed by atoms with E-state index >= 15 is 4.39 Å². The van der Waals surface area contributed by atoms with Crippen LogP contribution in [0.4, 0.5) is 4.39 Å². The molecule has 0 amide bonds. The first-order valence-corrected chi connectivity index (χ1v) is 11.1. The van der Waals surface area contributed by atoms with Gasteiger partial charge in [-0.3, -0.25) is 0 Å². The maximum atomic E-state index is 15.1. The molecule has 0 saturated heterocycles. The normalized spacial score (nSPS) is 10.7. The Kier molecular flexibility index (Phi) is 6.70. The van der Waals surface area contributed by atoms with Gasteiger partial charge < -0.3 is 0 Å². The van der Waals surface area contributed by atoms with Crippen molar-refractivity contribution in [1.82, 2.24) is 0 Å². The zero-order valence-electron chi connectivity index (χ0n) is 17.6. The summed E-state index contributed by atoms with van der Waals surface area (Å²) in [6.07, 6.45) is 4.86. The molecule has 0 unspecified atom stereocenters. The Labute approximate surface area is 188 Å². The second kappa shape index (κ2) is 9.82. The average molecular weight is 427 g/mol. The van der Waals surface area contributed by atoms with Crippen molar-refractivity contribution in [2.45, 2.75) is 32.6 Å². The molecule has 4 aromatic rings. The molecule has 0 saturated carbocycles. The Balaban J connectivity index is 1.55. The van der Waals surface area contributed by atoms with Gasteiger partial charge in [0.15, 0.2) is 0 Å². The average Bonchev–Trinajstić information content (AvgIpc) is 2.80. The molecule has 0 aliphatic carbocycles. The number of halogens is 2. The van der Waals surface area contributed by atoms with E-state index in [0.29, 0.717) is 16.0 Å². The number of hydrogen-bond acceptors (Lipinski definition) is 0. The van der Waals surface area contributed by atoms with Gasteiger partial charge in [-0.25, -0.2) is 4.39 Å². The lowest BCUT2D eigenvalue weighted by atomic mass is 9.99. The highest BCUT2D eigenvalue weighted by molar-refractivity contribution is 6.30. The summed E-state index contributed by atoms with van der Waals surface area (Å²) >= 11 is 5.95. The number of aryl methyl sites for hydroxylation is 1. The van der Waals surface area contributed by atoms with Crippen LogP contribution in [0.3, 0.4) is 0 Å². The van der Waals surface area contributed by atoms with Crippen LogP contribution in [0.5, 0.6) is 0 Å². The monoisotopic (exact) mass is 426 g/mol. The summed E-state index contributed by atoms with van der Waals surface area (Å²) in [6, 6.07) is 25.1. The molecule has 4 aromatic carbocycles. The molecule has 0 atom stereocenters. The number of fused-ring (bicyclic) bond motifs is 1. The molecule has 2 heteroatoms. The number of hydrogen-bond donors (Lipinski definition) is 0. The van der Waals surface area contributed by atoms with Crippen molar-refractivity contribution < 1.29 is 4.39 Å². The summed E-state index contributed by atoms with van der Waals surface area (Å²) in [5.41, 5.74) is 4.60. The third-order valence-corrected chi connectivity index (χ3v) is 5.74. The molecular formula is C29H24ClF. The van der Waals surface area contributed by atoms with Gasteiger partial charge in [0.05, 0.1) is 0 Å². The second-order valence-corrected chi connectivity index (χ2v) is 8.21. The fraction of sp³-hybridized carbons (Fsp3) is 0.172. The third-order valence-electron chi connectivity index (χ3n) is 5.48. The minimum absolute atomic E-state index is 0.224. The van der Waals surface area contributed by atoms with Gasteiger partial charge in [-0.2, -0.15) is 0 Å². The predicted octanol–water partition coefficient (Wildman–Crippen LogP) is 8.43. The minimum Gasteiger partial charge on any atom is -0.206 e. The number of benzene rings is 4. The Morgan fingerprint density at radius 2 is 1.48 bits per heavy atom. The second-order valence-electron chi connectivity index (χ2n) is 7.77. The number of rotatable bonds is 5. The Bertz CT molecular complexity index is 1240. The Morgan fingerprint density at radius 3 is 2.23 bits per heavy atom. The van der Waals surface area contributed by atoms with Crippen LogP contribution in [-0.2, 0) is 6.42 Å². The van der Waals surface area contributed by atoms with E-state index in [1.165, 1.54) is 24.8 Å². The van der Waals surface area contributed by atoms with Crippen LogP contribution in [0.2, 0.25) is 5.02 Å². The summed E-state index contributed by atoms with van der Waals surface area (Å²) in [6.45, 7) is 2.22. The van der Waals surface area contributed by atoms with E-state index < -0.39 is 0 Å². The molecule has 0 heterocycles. The fourth-order valence-corrected chi connectivity index (χ4v) is 3.83. The largest absolute Gasteiger partial charge is 0.206 e. The first-order chi connectivity index (χ1) is 15.1. The van der Waals surface area contributed by atoms with Crippen LogP contribution >= 0.6 is 11.6 Å². The van der Waals surface area contributed by atoms with Gasteiger partial charge in [-0.05, 0) is 65.8 Å². The van der Waals surface area contributed by atoms with Crippen LogP contribution in [-0.4, -0.2) is 0 Å². The zero-order chi connectivity index (χ0) is 21.6. The van der Waals surface area contributed by atoms with Crippen molar-refractivity contribution in [3.8, 4) is 23.0 Å². The predicted molar refractivity (Wildman–Crippen MR) is 130 cm³/mol. The van der Waals surface area contributed by atoms with Crippen LogP contribution < -0.4 is 0 Å². The summed E-state index contributed by atoms with van der Waals surface area (Å²) in [7, 11) is 0. The Hall–Kier alpha value is -3.08. The van der Waals surface area contributed by atoms with E-state index in [1.54, 1.807) is 12.1 Å². The van der Waals surface area contributed by atoms with Crippen LogP contribution in [0.25, 0.3) is 21.9 Å². The summed E-state index contributed by atoms with van der Waals surface area (Å²) in [5, 5.41) is 2.07. The zero-order valence-corrected chi connectivity index (χ0v) is 18.3. The highest BCUT2D eigenvalue weighted by Gasteiger charge is 2.09. The van der Waals surface area contributed by atoms with Gasteiger partial charge in [0.25, 0.3) is 0 Å². The van der Waals surface area contributed by atoms with Gasteiger partial charge >= 0.3 is 0 Å². The molecule has 0 N–H and O–H groups in total. The highest BCUT2D eigenvalue weighted by Crippen LogP contribution is 2.30. The Morgan fingerprint density at radius 1 is 0.774 bits per heavy atom. The first kappa shape index (κ1) is 21.2. The lowest BCUT2D eigenvalue weighted by Crippen LogP contribution is -1.88. The fourth-order valence-electron chi connectivity index (χ4n) is 3.70. The van der Waals surface area contributed by atoms with E-state index in [1.807, 2.05) is 42.5 Å². The molecule has 0 fully saturated rings. The number of unbranched alkanes of at least 4 members (excludes halogenated alkanes) is 2. The van der Waals surface area contributed by atoms with Crippen LogP contribution in [0.15, 0.2) is 78.9 Å². The molecule has 0 radical (unpaired) electrons. The van der Waals surface area contributed by atoms with Gasteiger partial charge in [0, 0.05) is 27.1 Å².